The van der Waals surface area contributed by atoms with E-state index >= 15 is 0 Å². The van der Waals surface area contributed by atoms with Gasteiger partial charge in [0.25, 0.3) is 0 Å². The predicted molar refractivity (Wildman–Crippen MR) is 129 cm³/mol. The van der Waals surface area contributed by atoms with Crippen molar-refractivity contribution in [1.29, 1.82) is 0 Å². The number of alkyl halides is 6. The van der Waals surface area contributed by atoms with Crippen LogP contribution in [0, 0.1) is 11.6 Å². The molecule has 0 atom stereocenters. The minimum atomic E-state index is -4.85. The van der Waals surface area contributed by atoms with Gasteiger partial charge in [0, 0.05) is 0 Å². The number of pyridine rings is 1. The maximum atomic E-state index is 14.1. The number of benzene rings is 2. The Hall–Kier alpha value is -2.16. The van der Waals surface area contributed by atoms with Gasteiger partial charge in [-0.1, -0.05) is 18.2 Å². The van der Waals surface area contributed by atoms with Gasteiger partial charge < -0.3 is 0 Å². The number of aliphatic imine (C=N–C) groups is 2. The second kappa shape index (κ2) is 13.1. The summed E-state index contributed by atoms with van der Waals surface area (Å²) in [6.45, 7) is 2.59. The Morgan fingerprint density at radius 3 is 1.32 bits per heavy atom. The number of para-hydroxylation sites is 2. The summed E-state index contributed by atoms with van der Waals surface area (Å²) >= 11 is 7.12. The van der Waals surface area contributed by atoms with E-state index in [0.717, 1.165) is 35.4 Å². The van der Waals surface area contributed by atoms with Gasteiger partial charge in [0.1, 0.15) is 23.0 Å². The zero-order valence-electron chi connectivity index (χ0n) is 18.7. The summed E-state index contributed by atoms with van der Waals surface area (Å²) in [6.07, 6.45) is -9.70. The SMILES string of the molecule is CC(=Nc1c(F)cccc1C(F)(F)F)c1cccc(C(C)=Nc2c(F)cccc2C(F)(F)F)n1.[Br][Co][Br]. The van der Waals surface area contributed by atoms with E-state index in [9.17, 15) is 35.1 Å². The zero-order chi connectivity index (χ0) is 28.0. The summed E-state index contributed by atoms with van der Waals surface area (Å²) in [7, 11) is 0. The number of aromatic nitrogens is 1. The molecule has 0 spiro atoms. The second-order valence-electron chi connectivity index (χ2n) is 7.12. The van der Waals surface area contributed by atoms with E-state index in [1.807, 2.05) is 0 Å². The molecule has 0 amide bonds. The first kappa shape index (κ1) is 31.1. The molecule has 3 rings (SSSR count). The van der Waals surface area contributed by atoms with E-state index in [1.54, 1.807) is 0 Å². The van der Waals surface area contributed by atoms with Crippen LogP contribution in [0.25, 0.3) is 0 Å². The molecule has 0 aliphatic rings. The summed E-state index contributed by atoms with van der Waals surface area (Å²) < 4.78 is 108. The van der Waals surface area contributed by atoms with E-state index in [2.05, 4.69) is 43.3 Å². The molecule has 0 saturated heterocycles. The van der Waals surface area contributed by atoms with Crippen LogP contribution in [-0.4, -0.2) is 16.4 Å². The van der Waals surface area contributed by atoms with Gasteiger partial charge >= 0.3 is 51.8 Å². The molecule has 0 radical (unpaired) electrons. The van der Waals surface area contributed by atoms with Gasteiger partial charge in [0.05, 0.1) is 33.9 Å². The Balaban J connectivity index is 0.00000153. The molecule has 201 valence electrons. The van der Waals surface area contributed by atoms with Crippen LogP contribution in [0.2, 0.25) is 0 Å². The summed E-state index contributed by atoms with van der Waals surface area (Å²) in [5.74, 6) is -2.38. The van der Waals surface area contributed by atoms with Crippen molar-refractivity contribution in [2.24, 2.45) is 9.98 Å². The van der Waals surface area contributed by atoms with Crippen molar-refractivity contribution in [2.75, 3.05) is 0 Å². The normalized spacial score (nSPS) is 12.9. The molecule has 0 bridgehead atoms. The van der Waals surface area contributed by atoms with E-state index in [0.29, 0.717) is 12.1 Å². The molecule has 0 unspecified atom stereocenters. The molecule has 0 N–H and O–H groups in total. The third-order valence-electron chi connectivity index (χ3n) is 4.63. The van der Waals surface area contributed by atoms with Crippen LogP contribution in [0.1, 0.15) is 36.4 Å². The fourth-order valence-corrected chi connectivity index (χ4v) is 3.00. The minimum absolute atomic E-state index is 0.0213. The van der Waals surface area contributed by atoms with Crippen LogP contribution in [0.4, 0.5) is 46.5 Å². The molecule has 0 fully saturated rings. The standard InChI is InChI=1S/C23H15F8N3.2BrH.Co/c1-12(32-20-14(22(26,27)28)6-3-8-16(20)24)18-10-5-11-19(34-18)13(2)33-21-15(23(29,30)31)7-4-9-17(21)25;;;/h3-11H,1-2H3;2*1H;/q;;;+2/p-2. The van der Waals surface area contributed by atoms with Gasteiger partial charge in [-0.3, -0.25) is 0 Å². The third kappa shape index (κ3) is 8.42. The molecule has 3 nitrogen and oxygen atoms in total. The Bertz CT molecular complexity index is 1210. The number of hydrogen-bond acceptors (Lipinski definition) is 3. The van der Waals surface area contributed by atoms with Crippen LogP contribution in [0.15, 0.2) is 64.6 Å². The van der Waals surface area contributed by atoms with Crippen molar-refractivity contribution in [1.82, 2.24) is 4.98 Å². The molecular formula is C23H15Br2CoF8N3. The van der Waals surface area contributed by atoms with Crippen LogP contribution in [0.3, 0.4) is 0 Å². The molecule has 0 aliphatic heterocycles. The number of rotatable bonds is 4. The Kier molecular flexibility index (Phi) is 11.0. The second-order valence-corrected chi connectivity index (χ2v) is 12.4. The first-order valence-corrected chi connectivity index (χ1v) is 15.0. The van der Waals surface area contributed by atoms with Gasteiger partial charge in [-0.15, -0.1) is 0 Å². The first-order valence-electron chi connectivity index (χ1n) is 9.84. The zero-order valence-corrected chi connectivity index (χ0v) is 22.9. The van der Waals surface area contributed by atoms with Crippen molar-refractivity contribution >= 4 is 51.1 Å². The fraction of sp³-hybridized carbons (Fsp3) is 0.174. The topological polar surface area (TPSA) is 37.6 Å². The Morgan fingerprint density at radius 2 is 1.00 bits per heavy atom. The number of halogens is 10. The van der Waals surface area contributed by atoms with Gasteiger partial charge in [0.15, 0.2) is 0 Å². The predicted octanol–water partition coefficient (Wildman–Crippen LogP) is 9.37. The van der Waals surface area contributed by atoms with Crippen LogP contribution >= 0.6 is 28.3 Å². The third-order valence-corrected chi connectivity index (χ3v) is 4.63. The molecule has 1 aromatic heterocycles. The van der Waals surface area contributed by atoms with E-state index in [1.165, 1.54) is 32.0 Å². The van der Waals surface area contributed by atoms with E-state index in [4.69, 9.17) is 0 Å². The van der Waals surface area contributed by atoms with E-state index in [-0.39, 0.29) is 22.8 Å². The van der Waals surface area contributed by atoms with Crippen molar-refractivity contribution in [2.45, 2.75) is 26.2 Å². The van der Waals surface area contributed by atoms with Crippen LogP contribution in [0.5, 0.6) is 0 Å². The fourth-order valence-electron chi connectivity index (χ4n) is 3.00. The molecule has 2 aromatic carbocycles. The molecular weight excluding hydrogens is 689 g/mol. The molecule has 37 heavy (non-hydrogen) atoms. The van der Waals surface area contributed by atoms with Crippen LogP contribution < -0.4 is 0 Å². The maximum absolute atomic E-state index is 14.1. The van der Waals surface area contributed by atoms with Gasteiger partial charge in [0.2, 0.25) is 0 Å². The average Bonchev–Trinajstić information content (AvgIpc) is 2.80. The number of hydrogen-bond donors (Lipinski definition) is 0. The monoisotopic (exact) mass is 702 g/mol. The first-order chi connectivity index (χ1) is 17.2. The Labute approximate surface area is 226 Å². The molecule has 0 saturated carbocycles. The molecule has 14 heteroatoms. The van der Waals surface area contributed by atoms with Crippen molar-refractivity contribution < 1.29 is 46.2 Å². The van der Waals surface area contributed by atoms with E-state index < -0.39 is 46.5 Å². The number of nitrogens with zero attached hydrogens (tertiary/aromatic N) is 3. The molecule has 3 aromatic rings. The Morgan fingerprint density at radius 1 is 0.676 bits per heavy atom. The summed E-state index contributed by atoms with van der Waals surface area (Å²) in [4.78, 5) is 11.6. The molecule has 1 heterocycles. The van der Waals surface area contributed by atoms with Gasteiger partial charge in [-0.05, 0) is 50.2 Å². The van der Waals surface area contributed by atoms with Crippen LogP contribution in [-0.2, 0) is 23.5 Å². The average molecular weight is 704 g/mol. The summed E-state index contributed by atoms with van der Waals surface area (Å²) in [5, 5.41) is 0. The summed E-state index contributed by atoms with van der Waals surface area (Å²) in [5.41, 5.74) is -4.54. The molecule has 0 aliphatic carbocycles. The van der Waals surface area contributed by atoms with Gasteiger partial charge in [-0.25, -0.2) is 23.7 Å². The quantitative estimate of drug-likeness (QED) is 0.197. The summed E-state index contributed by atoms with van der Waals surface area (Å²) in [6, 6.07) is 8.98. The van der Waals surface area contributed by atoms with Crippen molar-refractivity contribution in [3.8, 4) is 0 Å². The van der Waals surface area contributed by atoms with Crippen molar-refractivity contribution in [3.63, 3.8) is 0 Å². The van der Waals surface area contributed by atoms with Gasteiger partial charge in [-0.2, -0.15) is 26.3 Å². The van der Waals surface area contributed by atoms with Crippen molar-refractivity contribution in [3.05, 3.63) is 88.7 Å².